The molecule has 1 unspecified atom stereocenters. The number of anilines is 1. The van der Waals surface area contributed by atoms with Gasteiger partial charge in [-0.1, -0.05) is 12.1 Å². The Morgan fingerprint density at radius 1 is 1.17 bits per heavy atom. The number of nitrogens with zero attached hydrogens (tertiary/aromatic N) is 1. The van der Waals surface area contributed by atoms with Crippen molar-refractivity contribution in [1.82, 2.24) is 5.32 Å². The number of hydrogen-bond donors (Lipinski definition) is 1. The number of alkyl halides is 3. The lowest BCUT2D eigenvalue weighted by molar-refractivity contribution is -0.137. The second-order valence-corrected chi connectivity index (χ2v) is 8.44. The topological polar surface area (TPSA) is 75.7 Å². The van der Waals surface area contributed by atoms with Crippen LogP contribution >= 0.6 is 0 Å². The van der Waals surface area contributed by atoms with Crippen LogP contribution in [-0.4, -0.2) is 33.2 Å². The Labute approximate surface area is 173 Å². The Kier molecular flexibility index (Phi) is 7.35. The number of nitrogens with one attached hydrogen (secondary N) is 1. The minimum absolute atomic E-state index is 0.173. The first kappa shape index (κ1) is 23.5. The Hall–Kier alpha value is -2.75. The van der Waals surface area contributed by atoms with E-state index < -0.39 is 33.7 Å². The highest BCUT2D eigenvalue weighted by Crippen LogP contribution is 2.29. The normalized spacial score (nSPS) is 12.9. The molecular weight excluding hydrogens is 421 g/mol. The minimum Gasteiger partial charge on any atom is -0.494 e. The highest BCUT2D eigenvalue weighted by atomic mass is 32.2. The second kappa shape index (κ2) is 9.38. The summed E-state index contributed by atoms with van der Waals surface area (Å²) in [6, 6.07) is 9.65. The summed E-state index contributed by atoms with van der Waals surface area (Å²) in [4.78, 5) is 12.6. The summed E-state index contributed by atoms with van der Waals surface area (Å²) in [5.74, 6) is -0.0944. The van der Waals surface area contributed by atoms with E-state index >= 15 is 0 Å². The van der Waals surface area contributed by atoms with Gasteiger partial charge in [-0.15, -0.1) is 0 Å². The van der Waals surface area contributed by atoms with E-state index in [0.29, 0.717) is 12.4 Å². The van der Waals surface area contributed by atoms with E-state index in [4.69, 9.17) is 4.74 Å². The molecule has 1 N–H and O–H groups in total. The molecule has 0 aliphatic heterocycles. The number of sulfonamides is 1. The van der Waals surface area contributed by atoms with Gasteiger partial charge in [-0.25, -0.2) is 8.42 Å². The monoisotopic (exact) mass is 444 g/mol. The smallest absolute Gasteiger partial charge is 0.416 e. The SMILES string of the molecule is CCOc1ccc(N(C(C)C(=O)NCc2cccc(C(F)(F)F)c2)S(C)(=O)=O)cc1. The van der Waals surface area contributed by atoms with Gasteiger partial charge in [-0.3, -0.25) is 9.10 Å². The number of hydrogen-bond acceptors (Lipinski definition) is 4. The number of ether oxygens (including phenoxy) is 1. The third-order valence-corrected chi connectivity index (χ3v) is 5.45. The summed E-state index contributed by atoms with van der Waals surface area (Å²) < 4.78 is 69.4. The van der Waals surface area contributed by atoms with Crippen LogP contribution in [0, 0.1) is 0 Å². The van der Waals surface area contributed by atoms with E-state index in [1.807, 2.05) is 6.92 Å². The maximum atomic E-state index is 12.8. The van der Waals surface area contributed by atoms with Crippen LogP contribution in [0.1, 0.15) is 25.0 Å². The lowest BCUT2D eigenvalue weighted by Crippen LogP contribution is -2.47. The van der Waals surface area contributed by atoms with E-state index in [1.165, 1.54) is 31.2 Å². The first-order valence-corrected chi connectivity index (χ1v) is 10.9. The Morgan fingerprint density at radius 3 is 2.33 bits per heavy atom. The van der Waals surface area contributed by atoms with Crippen molar-refractivity contribution in [2.45, 2.75) is 32.6 Å². The molecule has 0 bridgehead atoms. The molecule has 1 atom stereocenters. The Bertz CT molecular complexity index is 976. The highest BCUT2D eigenvalue weighted by Gasteiger charge is 2.31. The lowest BCUT2D eigenvalue weighted by atomic mass is 10.1. The molecule has 0 aliphatic carbocycles. The summed E-state index contributed by atoms with van der Waals surface area (Å²) in [6.45, 7) is 3.49. The average molecular weight is 444 g/mol. The van der Waals surface area contributed by atoms with Gasteiger partial charge in [0, 0.05) is 6.54 Å². The maximum absolute atomic E-state index is 12.8. The fraction of sp³-hybridized carbons (Fsp3) is 0.350. The van der Waals surface area contributed by atoms with Gasteiger partial charge in [0.2, 0.25) is 15.9 Å². The molecular formula is C20H23F3N2O4S. The van der Waals surface area contributed by atoms with Gasteiger partial charge >= 0.3 is 6.18 Å². The van der Waals surface area contributed by atoms with Gasteiger partial charge < -0.3 is 10.1 Å². The fourth-order valence-corrected chi connectivity index (χ4v) is 4.03. The van der Waals surface area contributed by atoms with E-state index in [0.717, 1.165) is 22.7 Å². The molecule has 1 amide bonds. The molecule has 2 rings (SSSR count). The van der Waals surface area contributed by atoms with Gasteiger partial charge in [0.05, 0.1) is 24.1 Å². The molecule has 0 fully saturated rings. The number of benzene rings is 2. The molecule has 30 heavy (non-hydrogen) atoms. The predicted octanol–water partition coefficient (Wildman–Crippen LogP) is 3.58. The van der Waals surface area contributed by atoms with Crippen LogP contribution in [0.3, 0.4) is 0 Å². The average Bonchev–Trinajstić information content (AvgIpc) is 2.66. The molecule has 164 valence electrons. The summed E-state index contributed by atoms with van der Waals surface area (Å²) >= 11 is 0. The summed E-state index contributed by atoms with van der Waals surface area (Å²) in [5, 5.41) is 2.49. The van der Waals surface area contributed by atoms with Gasteiger partial charge in [0.1, 0.15) is 11.8 Å². The Morgan fingerprint density at radius 2 is 1.80 bits per heavy atom. The third-order valence-electron chi connectivity index (χ3n) is 4.21. The molecule has 0 saturated heterocycles. The first-order chi connectivity index (χ1) is 13.9. The number of carbonyl (C=O) groups excluding carboxylic acids is 1. The first-order valence-electron chi connectivity index (χ1n) is 9.09. The molecule has 0 spiro atoms. The van der Waals surface area contributed by atoms with Crippen molar-refractivity contribution < 1.29 is 31.1 Å². The van der Waals surface area contributed by atoms with E-state index in [9.17, 15) is 26.4 Å². The molecule has 0 saturated carbocycles. The van der Waals surface area contributed by atoms with E-state index in [2.05, 4.69) is 5.32 Å². The molecule has 2 aromatic carbocycles. The zero-order chi connectivity index (χ0) is 22.5. The lowest BCUT2D eigenvalue weighted by Gasteiger charge is -2.28. The van der Waals surface area contributed by atoms with Crippen LogP contribution in [0.4, 0.5) is 18.9 Å². The molecule has 0 aromatic heterocycles. The zero-order valence-corrected chi connectivity index (χ0v) is 17.5. The number of carbonyl (C=O) groups is 1. The molecule has 2 aromatic rings. The zero-order valence-electron chi connectivity index (χ0n) is 16.7. The molecule has 0 heterocycles. The van der Waals surface area contributed by atoms with Crippen molar-refractivity contribution in [3.63, 3.8) is 0 Å². The molecule has 10 heteroatoms. The highest BCUT2D eigenvalue weighted by molar-refractivity contribution is 7.92. The summed E-state index contributed by atoms with van der Waals surface area (Å²) in [5.41, 5.74) is -0.311. The van der Waals surface area contributed by atoms with E-state index in [1.54, 1.807) is 12.1 Å². The van der Waals surface area contributed by atoms with Gasteiger partial charge in [0.25, 0.3) is 0 Å². The molecule has 0 aliphatic rings. The van der Waals surface area contributed by atoms with Crippen LogP contribution < -0.4 is 14.4 Å². The summed E-state index contributed by atoms with van der Waals surface area (Å²) in [6.07, 6.45) is -3.52. The Balaban J connectivity index is 2.16. The van der Waals surface area contributed by atoms with Crippen molar-refractivity contribution in [3.05, 3.63) is 59.7 Å². The van der Waals surface area contributed by atoms with Crippen molar-refractivity contribution in [2.24, 2.45) is 0 Å². The quantitative estimate of drug-likeness (QED) is 0.676. The second-order valence-electron chi connectivity index (χ2n) is 6.58. The number of rotatable bonds is 8. The van der Waals surface area contributed by atoms with Crippen molar-refractivity contribution in [1.29, 1.82) is 0 Å². The molecule has 0 radical (unpaired) electrons. The van der Waals surface area contributed by atoms with Gasteiger partial charge in [0.15, 0.2) is 0 Å². The van der Waals surface area contributed by atoms with Crippen LogP contribution in [0.25, 0.3) is 0 Å². The van der Waals surface area contributed by atoms with Crippen molar-refractivity contribution in [2.75, 3.05) is 17.2 Å². The largest absolute Gasteiger partial charge is 0.494 e. The number of halogens is 3. The van der Waals surface area contributed by atoms with E-state index in [-0.39, 0.29) is 17.8 Å². The minimum atomic E-state index is -4.49. The standard InChI is InChI=1S/C20H23F3N2O4S/c1-4-29-18-10-8-17(9-11-18)25(30(3,27)28)14(2)19(26)24-13-15-6-5-7-16(12-15)20(21,22)23/h5-12,14H,4,13H2,1-3H3,(H,24,26). The molecule has 6 nitrogen and oxygen atoms in total. The van der Waals surface area contributed by atoms with Gasteiger partial charge in [-0.05, 0) is 55.8 Å². The predicted molar refractivity (Wildman–Crippen MR) is 108 cm³/mol. The van der Waals surface area contributed by atoms with Crippen LogP contribution in [-0.2, 0) is 27.5 Å². The van der Waals surface area contributed by atoms with Crippen molar-refractivity contribution >= 4 is 21.6 Å². The fourth-order valence-electron chi connectivity index (χ4n) is 2.86. The number of amides is 1. The van der Waals surface area contributed by atoms with Gasteiger partial charge in [-0.2, -0.15) is 13.2 Å². The summed E-state index contributed by atoms with van der Waals surface area (Å²) in [7, 11) is -3.81. The van der Waals surface area contributed by atoms with Crippen LogP contribution in [0.2, 0.25) is 0 Å². The van der Waals surface area contributed by atoms with Crippen LogP contribution in [0.15, 0.2) is 48.5 Å². The van der Waals surface area contributed by atoms with Crippen LogP contribution in [0.5, 0.6) is 5.75 Å². The maximum Gasteiger partial charge on any atom is 0.416 e. The van der Waals surface area contributed by atoms with Crippen molar-refractivity contribution in [3.8, 4) is 5.75 Å². The third kappa shape index (κ3) is 6.12.